The first-order chi connectivity index (χ1) is 8.04. The lowest BCUT2D eigenvalue weighted by molar-refractivity contribution is 0.188. The van der Waals surface area contributed by atoms with E-state index in [1.807, 2.05) is 20.8 Å². The molecule has 96 valence electrons. The van der Waals surface area contributed by atoms with Crippen molar-refractivity contribution in [2.75, 3.05) is 23.7 Å². The van der Waals surface area contributed by atoms with Crippen molar-refractivity contribution < 1.29 is 5.11 Å². The lowest BCUT2D eigenvalue weighted by Gasteiger charge is -2.13. The zero-order valence-corrected chi connectivity index (χ0v) is 11.0. The van der Waals surface area contributed by atoms with E-state index in [1.165, 1.54) is 0 Å². The van der Waals surface area contributed by atoms with Crippen molar-refractivity contribution in [2.24, 2.45) is 0 Å². The summed E-state index contributed by atoms with van der Waals surface area (Å²) < 4.78 is 0. The number of hydrogen-bond donors (Lipinski definition) is 3. The minimum absolute atomic E-state index is 0.293. The maximum atomic E-state index is 9.21. The Bertz CT molecular complexity index is 366. The third-order valence-corrected chi connectivity index (χ3v) is 2.46. The third-order valence-electron chi connectivity index (χ3n) is 2.46. The van der Waals surface area contributed by atoms with Crippen LogP contribution in [0.15, 0.2) is 0 Å². The van der Waals surface area contributed by atoms with Gasteiger partial charge in [0.15, 0.2) is 0 Å². The number of nitrogens with one attached hydrogen (secondary N) is 2. The highest BCUT2D eigenvalue weighted by Crippen LogP contribution is 2.19. The molecule has 1 unspecified atom stereocenters. The van der Waals surface area contributed by atoms with Gasteiger partial charge in [0, 0.05) is 18.7 Å². The number of aliphatic hydroxyl groups excluding tert-OH is 1. The van der Waals surface area contributed by atoms with Crippen molar-refractivity contribution in [3.05, 3.63) is 11.4 Å². The minimum atomic E-state index is -0.293. The van der Waals surface area contributed by atoms with Crippen molar-refractivity contribution >= 4 is 11.6 Å². The summed E-state index contributed by atoms with van der Waals surface area (Å²) >= 11 is 0. The average Bonchev–Trinajstić information content (AvgIpc) is 2.24. The van der Waals surface area contributed by atoms with Crippen LogP contribution in [0.2, 0.25) is 0 Å². The second kappa shape index (κ2) is 6.39. The van der Waals surface area contributed by atoms with Crippen LogP contribution in [-0.2, 0) is 0 Å². The molecular weight excluding hydrogens is 216 g/mol. The molecule has 0 fully saturated rings. The van der Waals surface area contributed by atoms with Gasteiger partial charge in [0.25, 0.3) is 0 Å². The van der Waals surface area contributed by atoms with Gasteiger partial charge in [0.2, 0.25) is 0 Å². The Morgan fingerprint density at radius 2 is 1.76 bits per heavy atom. The molecule has 1 aromatic heterocycles. The molecule has 5 heteroatoms. The van der Waals surface area contributed by atoms with E-state index >= 15 is 0 Å². The van der Waals surface area contributed by atoms with Crippen molar-refractivity contribution in [3.8, 4) is 0 Å². The molecule has 3 N–H and O–H groups in total. The normalized spacial score (nSPS) is 12.3. The lowest BCUT2D eigenvalue weighted by atomic mass is 10.2. The van der Waals surface area contributed by atoms with E-state index in [4.69, 9.17) is 0 Å². The highest BCUT2D eigenvalue weighted by Gasteiger charge is 2.08. The summed E-state index contributed by atoms with van der Waals surface area (Å²) in [6.45, 7) is 9.23. The molecule has 1 atom stereocenters. The number of aryl methyl sites for hydroxylation is 1. The number of aliphatic hydroxyl groups is 1. The summed E-state index contributed by atoms with van der Waals surface area (Å²) in [6, 6.07) is 0. The maximum absolute atomic E-state index is 9.21. The van der Waals surface area contributed by atoms with Crippen molar-refractivity contribution in [2.45, 2.75) is 40.2 Å². The molecule has 0 bridgehead atoms. The molecule has 0 radical (unpaired) electrons. The Morgan fingerprint density at radius 1 is 1.18 bits per heavy atom. The van der Waals surface area contributed by atoms with Crippen LogP contribution in [0.5, 0.6) is 0 Å². The van der Waals surface area contributed by atoms with Crippen molar-refractivity contribution in [1.29, 1.82) is 0 Å². The van der Waals surface area contributed by atoms with Crippen molar-refractivity contribution in [1.82, 2.24) is 9.97 Å². The zero-order valence-electron chi connectivity index (χ0n) is 11.0. The second-order valence-electron chi connectivity index (χ2n) is 4.19. The molecule has 0 aliphatic carbocycles. The lowest BCUT2D eigenvalue weighted by Crippen LogP contribution is -2.13. The second-order valence-corrected chi connectivity index (χ2v) is 4.19. The van der Waals surface area contributed by atoms with E-state index in [9.17, 15) is 5.11 Å². The van der Waals surface area contributed by atoms with E-state index in [2.05, 4.69) is 20.6 Å². The predicted molar refractivity (Wildman–Crippen MR) is 70.5 cm³/mol. The fourth-order valence-electron chi connectivity index (χ4n) is 1.54. The van der Waals surface area contributed by atoms with Crippen LogP contribution in [0.4, 0.5) is 11.6 Å². The SMILES string of the molecule is CCNc1nc(C)nc(NCCC(C)O)c1C. The van der Waals surface area contributed by atoms with Gasteiger partial charge in [-0.05, 0) is 34.1 Å². The van der Waals surface area contributed by atoms with E-state index in [-0.39, 0.29) is 6.10 Å². The van der Waals surface area contributed by atoms with Crippen LogP contribution in [0.25, 0.3) is 0 Å². The quantitative estimate of drug-likeness (QED) is 0.704. The number of hydrogen-bond acceptors (Lipinski definition) is 5. The van der Waals surface area contributed by atoms with Gasteiger partial charge >= 0.3 is 0 Å². The molecule has 1 rings (SSSR count). The van der Waals surface area contributed by atoms with E-state index in [1.54, 1.807) is 6.92 Å². The fourth-order valence-corrected chi connectivity index (χ4v) is 1.54. The smallest absolute Gasteiger partial charge is 0.134 e. The molecule has 17 heavy (non-hydrogen) atoms. The van der Waals surface area contributed by atoms with Crippen LogP contribution in [0, 0.1) is 13.8 Å². The molecule has 0 spiro atoms. The highest BCUT2D eigenvalue weighted by atomic mass is 16.3. The molecule has 1 heterocycles. The van der Waals surface area contributed by atoms with E-state index in [0.717, 1.165) is 29.6 Å². The highest BCUT2D eigenvalue weighted by molar-refractivity contribution is 5.57. The van der Waals surface area contributed by atoms with Crippen molar-refractivity contribution in [3.63, 3.8) is 0 Å². The largest absolute Gasteiger partial charge is 0.393 e. The Balaban J connectivity index is 2.76. The van der Waals surface area contributed by atoms with Gasteiger partial charge in [0.1, 0.15) is 17.5 Å². The molecular formula is C12H22N4O. The molecule has 0 amide bonds. The molecule has 0 aliphatic heterocycles. The van der Waals surface area contributed by atoms with Crippen LogP contribution in [0.1, 0.15) is 31.7 Å². The predicted octanol–water partition coefficient (Wildman–Crippen LogP) is 1.71. The molecule has 0 aliphatic rings. The number of nitrogens with zero attached hydrogens (tertiary/aromatic N) is 2. The average molecular weight is 238 g/mol. The Morgan fingerprint density at radius 3 is 2.29 bits per heavy atom. The Kier molecular flexibility index (Phi) is 5.15. The standard InChI is InChI=1S/C12H22N4O/c1-5-13-11-9(3)12(16-10(4)15-11)14-7-6-8(2)17/h8,17H,5-7H2,1-4H3,(H2,13,14,15,16). The van der Waals surface area contributed by atoms with E-state index < -0.39 is 0 Å². The van der Waals surface area contributed by atoms with Crippen LogP contribution in [0.3, 0.4) is 0 Å². The van der Waals surface area contributed by atoms with Gasteiger partial charge in [-0.1, -0.05) is 0 Å². The summed E-state index contributed by atoms with van der Waals surface area (Å²) in [5.41, 5.74) is 1.02. The van der Waals surface area contributed by atoms with Gasteiger partial charge in [-0.15, -0.1) is 0 Å². The maximum Gasteiger partial charge on any atom is 0.134 e. The van der Waals surface area contributed by atoms with Gasteiger partial charge in [-0.2, -0.15) is 0 Å². The number of rotatable bonds is 6. The summed E-state index contributed by atoms with van der Waals surface area (Å²) in [5, 5.41) is 15.7. The van der Waals surface area contributed by atoms with Crippen LogP contribution < -0.4 is 10.6 Å². The van der Waals surface area contributed by atoms with Gasteiger partial charge < -0.3 is 15.7 Å². The number of aromatic nitrogens is 2. The summed E-state index contributed by atoms with van der Waals surface area (Å²) in [4.78, 5) is 8.72. The zero-order chi connectivity index (χ0) is 12.8. The summed E-state index contributed by atoms with van der Waals surface area (Å²) in [5.74, 6) is 2.46. The molecule has 0 aromatic carbocycles. The van der Waals surface area contributed by atoms with Crippen LogP contribution in [-0.4, -0.2) is 34.3 Å². The first-order valence-corrected chi connectivity index (χ1v) is 6.05. The third kappa shape index (κ3) is 4.19. The van der Waals surface area contributed by atoms with Gasteiger partial charge in [-0.3, -0.25) is 0 Å². The molecule has 0 saturated heterocycles. The molecule has 5 nitrogen and oxygen atoms in total. The fraction of sp³-hybridized carbons (Fsp3) is 0.667. The number of anilines is 2. The first-order valence-electron chi connectivity index (χ1n) is 6.05. The topological polar surface area (TPSA) is 70.1 Å². The summed E-state index contributed by atoms with van der Waals surface area (Å²) in [7, 11) is 0. The Hall–Kier alpha value is -1.36. The van der Waals surface area contributed by atoms with Crippen LogP contribution >= 0.6 is 0 Å². The summed E-state index contributed by atoms with van der Waals surface area (Å²) in [6.07, 6.45) is 0.415. The Labute approximate surface area is 103 Å². The molecule has 1 aromatic rings. The van der Waals surface area contributed by atoms with Gasteiger partial charge in [0.05, 0.1) is 6.10 Å². The minimum Gasteiger partial charge on any atom is -0.393 e. The first kappa shape index (κ1) is 13.7. The van der Waals surface area contributed by atoms with E-state index in [0.29, 0.717) is 13.0 Å². The monoisotopic (exact) mass is 238 g/mol. The molecule has 0 saturated carbocycles. The van der Waals surface area contributed by atoms with Gasteiger partial charge in [-0.25, -0.2) is 9.97 Å².